The van der Waals surface area contributed by atoms with E-state index in [-0.39, 0.29) is 11.9 Å². The fraction of sp³-hybridized carbons (Fsp3) is 0.533. The van der Waals surface area contributed by atoms with Crippen molar-refractivity contribution in [3.8, 4) is 0 Å². The highest BCUT2D eigenvalue weighted by Gasteiger charge is 2.31. The van der Waals surface area contributed by atoms with Crippen molar-refractivity contribution in [1.29, 1.82) is 0 Å². The Morgan fingerprint density at radius 3 is 2.41 bits per heavy atom. The summed E-state index contributed by atoms with van der Waals surface area (Å²) in [6.07, 6.45) is 2.23. The van der Waals surface area contributed by atoms with Gasteiger partial charge in [-0.15, -0.1) is 0 Å². The van der Waals surface area contributed by atoms with Crippen molar-refractivity contribution in [1.82, 2.24) is 5.32 Å². The van der Waals surface area contributed by atoms with Gasteiger partial charge < -0.3 is 5.32 Å². The zero-order valence-electron chi connectivity index (χ0n) is 13.3. The second kappa shape index (κ2) is 7.83. The molecular formula is C15H23ClN2O3S. The molecule has 0 fully saturated rings. The van der Waals surface area contributed by atoms with Gasteiger partial charge in [-0.2, -0.15) is 0 Å². The lowest BCUT2D eigenvalue weighted by molar-refractivity contribution is -0.122. The van der Waals surface area contributed by atoms with E-state index in [9.17, 15) is 13.2 Å². The van der Waals surface area contributed by atoms with Crippen LogP contribution in [0.15, 0.2) is 24.3 Å². The Morgan fingerprint density at radius 1 is 1.32 bits per heavy atom. The number of benzene rings is 1. The van der Waals surface area contributed by atoms with Crippen LogP contribution >= 0.6 is 11.6 Å². The molecule has 2 unspecified atom stereocenters. The van der Waals surface area contributed by atoms with Crippen molar-refractivity contribution in [3.05, 3.63) is 29.3 Å². The number of hydrogen-bond donors (Lipinski definition) is 1. The highest BCUT2D eigenvalue weighted by atomic mass is 35.5. The largest absolute Gasteiger partial charge is 0.352 e. The SMILES string of the molecule is CCC(C)NC(=O)C(CC)N(c1cccc(Cl)c1)S(C)(=O)=O. The van der Waals surface area contributed by atoms with Gasteiger partial charge in [0.1, 0.15) is 6.04 Å². The minimum atomic E-state index is -3.62. The van der Waals surface area contributed by atoms with E-state index in [0.29, 0.717) is 17.1 Å². The molecule has 0 aliphatic rings. The fourth-order valence-electron chi connectivity index (χ4n) is 2.11. The number of carbonyl (C=O) groups is 1. The second-order valence-corrected chi connectivity index (χ2v) is 7.58. The van der Waals surface area contributed by atoms with Crippen LogP contribution in [0.25, 0.3) is 0 Å². The number of nitrogens with one attached hydrogen (secondary N) is 1. The van der Waals surface area contributed by atoms with E-state index < -0.39 is 16.1 Å². The molecule has 0 heterocycles. The van der Waals surface area contributed by atoms with Gasteiger partial charge in [-0.3, -0.25) is 9.10 Å². The Bertz CT molecular complexity index is 619. The van der Waals surface area contributed by atoms with Crippen LogP contribution in [-0.2, 0) is 14.8 Å². The third-order valence-electron chi connectivity index (χ3n) is 3.39. The van der Waals surface area contributed by atoms with Gasteiger partial charge in [-0.25, -0.2) is 8.42 Å². The molecule has 22 heavy (non-hydrogen) atoms. The summed E-state index contributed by atoms with van der Waals surface area (Å²) in [5.41, 5.74) is 0.390. The quantitative estimate of drug-likeness (QED) is 0.825. The standard InChI is InChI=1S/C15H23ClN2O3S/c1-5-11(3)17-15(19)14(6-2)18(22(4,20)21)13-9-7-8-12(16)10-13/h7-11,14H,5-6H2,1-4H3,(H,17,19). The van der Waals surface area contributed by atoms with Crippen LogP contribution in [0.5, 0.6) is 0 Å². The molecule has 7 heteroatoms. The van der Waals surface area contributed by atoms with E-state index in [1.165, 1.54) is 0 Å². The number of rotatable bonds is 7. The molecule has 1 aromatic carbocycles. The molecule has 0 aromatic heterocycles. The van der Waals surface area contributed by atoms with Crippen LogP contribution in [-0.4, -0.2) is 32.7 Å². The summed E-state index contributed by atoms with van der Waals surface area (Å²) in [6, 6.07) is 5.68. The van der Waals surface area contributed by atoms with Crippen molar-refractivity contribution < 1.29 is 13.2 Å². The summed E-state index contributed by atoms with van der Waals surface area (Å²) in [7, 11) is -3.62. The summed E-state index contributed by atoms with van der Waals surface area (Å²) < 4.78 is 25.5. The molecule has 0 saturated carbocycles. The molecule has 0 aliphatic heterocycles. The molecule has 0 saturated heterocycles. The summed E-state index contributed by atoms with van der Waals surface area (Å²) >= 11 is 5.95. The van der Waals surface area contributed by atoms with Crippen molar-refractivity contribution >= 4 is 33.2 Å². The number of nitrogens with zero attached hydrogens (tertiary/aromatic N) is 1. The van der Waals surface area contributed by atoms with Crippen molar-refractivity contribution in [2.75, 3.05) is 10.6 Å². The van der Waals surface area contributed by atoms with Gasteiger partial charge in [0, 0.05) is 11.1 Å². The lowest BCUT2D eigenvalue weighted by Gasteiger charge is -2.31. The highest BCUT2D eigenvalue weighted by Crippen LogP contribution is 2.25. The van der Waals surface area contributed by atoms with Crippen molar-refractivity contribution in [3.63, 3.8) is 0 Å². The number of halogens is 1. The first-order valence-electron chi connectivity index (χ1n) is 7.26. The molecular weight excluding hydrogens is 324 g/mol. The first-order chi connectivity index (χ1) is 10.2. The van der Waals surface area contributed by atoms with Crippen molar-refractivity contribution in [2.24, 2.45) is 0 Å². The Hall–Kier alpha value is -1.27. The van der Waals surface area contributed by atoms with Gasteiger partial charge in [-0.1, -0.05) is 31.5 Å². The van der Waals surface area contributed by atoms with Crippen LogP contribution in [0.4, 0.5) is 5.69 Å². The number of amides is 1. The van der Waals surface area contributed by atoms with Gasteiger partial charge >= 0.3 is 0 Å². The van der Waals surface area contributed by atoms with Gasteiger partial charge in [-0.05, 0) is 38.0 Å². The topological polar surface area (TPSA) is 66.5 Å². The Kier molecular flexibility index (Phi) is 6.68. The maximum Gasteiger partial charge on any atom is 0.244 e. The summed E-state index contributed by atoms with van der Waals surface area (Å²) in [5.74, 6) is -0.303. The van der Waals surface area contributed by atoms with E-state index in [2.05, 4.69) is 5.32 Å². The smallest absolute Gasteiger partial charge is 0.244 e. The zero-order chi connectivity index (χ0) is 16.9. The predicted octanol–water partition coefficient (Wildman–Crippen LogP) is 2.80. The Balaban J connectivity index is 3.23. The minimum absolute atomic E-state index is 0.0117. The normalized spacial score (nSPS) is 14.2. The summed E-state index contributed by atoms with van der Waals surface area (Å²) in [5, 5.41) is 3.26. The van der Waals surface area contributed by atoms with E-state index in [1.807, 2.05) is 13.8 Å². The lowest BCUT2D eigenvalue weighted by Crippen LogP contribution is -2.51. The number of anilines is 1. The number of hydrogen-bond acceptors (Lipinski definition) is 3. The molecule has 1 N–H and O–H groups in total. The van der Waals surface area contributed by atoms with E-state index in [0.717, 1.165) is 17.0 Å². The maximum atomic E-state index is 12.4. The van der Waals surface area contributed by atoms with Gasteiger partial charge in [0.25, 0.3) is 0 Å². The molecule has 1 amide bonds. The molecule has 2 atom stereocenters. The van der Waals surface area contributed by atoms with Gasteiger partial charge in [0.05, 0.1) is 11.9 Å². The Morgan fingerprint density at radius 2 is 1.95 bits per heavy atom. The van der Waals surface area contributed by atoms with E-state index in [1.54, 1.807) is 31.2 Å². The molecule has 0 aliphatic carbocycles. The molecule has 5 nitrogen and oxygen atoms in total. The third kappa shape index (κ3) is 4.88. The average molecular weight is 347 g/mol. The summed E-state index contributed by atoms with van der Waals surface area (Å²) in [6.45, 7) is 5.62. The van der Waals surface area contributed by atoms with Crippen LogP contribution in [0, 0.1) is 0 Å². The number of carbonyl (C=O) groups excluding carboxylic acids is 1. The number of sulfonamides is 1. The molecule has 1 aromatic rings. The van der Waals surface area contributed by atoms with Crippen LogP contribution in [0.3, 0.4) is 0 Å². The van der Waals surface area contributed by atoms with Crippen LogP contribution in [0.2, 0.25) is 5.02 Å². The monoisotopic (exact) mass is 346 g/mol. The van der Waals surface area contributed by atoms with Gasteiger partial charge in [0.2, 0.25) is 15.9 Å². The van der Waals surface area contributed by atoms with Crippen molar-refractivity contribution in [2.45, 2.75) is 45.7 Å². The molecule has 0 radical (unpaired) electrons. The second-order valence-electron chi connectivity index (χ2n) is 5.28. The molecule has 0 spiro atoms. The summed E-state index contributed by atoms with van der Waals surface area (Å²) in [4.78, 5) is 12.4. The first-order valence-corrected chi connectivity index (χ1v) is 9.48. The highest BCUT2D eigenvalue weighted by molar-refractivity contribution is 7.92. The zero-order valence-corrected chi connectivity index (χ0v) is 14.9. The predicted molar refractivity (Wildman–Crippen MR) is 90.7 cm³/mol. The molecule has 1 rings (SSSR count). The van der Waals surface area contributed by atoms with E-state index in [4.69, 9.17) is 11.6 Å². The molecule has 124 valence electrons. The maximum absolute atomic E-state index is 12.4. The average Bonchev–Trinajstić information content (AvgIpc) is 2.42. The minimum Gasteiger partial charge on any atom is -0.352 e. The lowest BCUT2D eigenvalue weighted by atomic mass is 10.1. The fourth-order valence-corrected chi connectivity index (χ4v) is 3.50. The van der Waals surface area contributed by atoms with Crippen LogP contribution in [0.1, 0.15) is 33.6 Å². The molecule has 0 bridgehead atoms. The van der Waals surface area contributed by atoms with Crippen LogP contribution < -0.4 is 9.62 Å². The third-order valence-corrected chi connectivity index (χ3v) is 4.81. The Labute approximate surface area is 137 Å². The van der Waals surface area contributed by atoms with E-state index >= 15 is 0 Å². The van der Waals surface area contributed by atoms with Gasteiger partial charge in [0.15, 0.2) is 0 Å². The first kappa shape index (κ1) is 18.8.